The first-order chi connectivity index (χ1) is 10.5. The monoisotopic (exact) mass is 322 g/mol. The summed E-state index contributed by atoms with van der Waals surface area (Å²) >= 11 is 0. The maximum absolute atomic E-state index is 12.2. The fraction of sp³-hybridized carbons (Fsp3) is 0.467. The predicted octanol–water partition coefficient (Wildman–Crippen LogP) is 2.48. The number of sulfonamides is 1. The van der Waals surface area contributed by atoms with Gasteiger partial charge in [0.15, 0.2) is 0 Å². The lowest BCUT2D eigenvalue weighted by Crippen LogP contribution is -2.27. The van der Waals surface area contributed by atoms with Gasteiger partial charge in [-0.1, -0.05) is 12.2 Å². The third kappa shape index (κ3) is 3.05. The highest BCUT2D eigenvalue weighted by Gasteiger charge is 2.35. The Morgan fingerprint density at radius 1 is 1.18 bits per heavy atom. The SMILES string of the molecule is O=[N+]([O-])c1ccc(S(=O)(=O)NCC[C@H]2C[C@H]3C=C[C@@H]2C3)cc1. The molecule has 0 aliphatic heterocycles. The first kappa shape index (κ1) is 15.2. The Labute approximate surface area is 129 Å². The molecule has 2 bridgehead atoms. The van der Waals surface area contributed by atoms with Crippen LogP contribution in [-0.4, -0.2) is 19.9 Å². The number of non-ortho nitro benzene ring substituents is 1. The predicted molar refractivity (Wildman–Crippen MR) is 81.7 cm³/mol. The number of hydrogen-bond acceptors (Lipinski definition) is 4. The van der Waals surface area contributed by atoms with Crippen molar-refractivity contribution >= 4 is 15.7 Å². The van der Waals surface area contributed by atoms with Crippen molar-refractivity contribution in [3.05, 3.63) is 46.5 Å². The zero-order valence-corrected chi connectivity index (χ0v) is 12.8. The van der Waals surface area contributed by atoms with Crippen molar-refractivity contribution in [3.63, 3.8) is 0 Å². The van der Waals surface area contributed by atoms with E-state index in [1.165, 1.54) is 30.7 Å². The smallest absolute Gasteiger partial charge is 0.258 e. The summed E-state index contributed by atoms with van der Waals surface area (Å²) in [5, 5.41) is 10.6. The number of hydrogen-bond donors (Lipinski definition) is 1. The first-order valence-corrected chi connectivity index (χ1v) is 8.86. The summed E-state index contributed by atoms with van der Waals surface area (Å²) < 4.78 is 26.9. The van der Waals surface area contributed by atoms with Crippen molar-refractivity contribution in [3.8, 4) is 0 Å². The second kappa shape index (κ2) is 5.81. The molecule has 0 aromatic heterocycles. The van der Waals surface area contributed by atoms with Crippen LogP contribution in [0.15, 0.2) is 41.3 Å². The molecule has 6 nitrogen and oxygen atoms in total. The molecule has 1 fully saturated rings. The highest BCUT2D eigenvalue weighted by molar-refractivity contribution is 7.89. The number of nitro groups is 1. The molecule has 0 spiro atoms. The van der Waals surface area contributed by atoms with Crippen molar-refractivity contribution < 1.29 is 13.3 Å². The molecule has 2 aliphatic carbocycles. The second-order valence-corrected chi connectivity index (χ2v) is 7.74. The standard InChI is InChI=1S/C15H18N2O4S/c18-17(19)14-3-5-15(6-4-14)22(20,21)16-8-7-13-10-11-1-2-12(13)9-11/h1-6,11-13,16H,7-10H2/t11-,12+,13-/m0/s1. The van der Waals surface area contributed by atoms with Crippen LogP contribution in [0.1, 0.15) is 19.3 Å². The largest absolute Gasteiger partial charge is 0.269 e. The summed E-state index contributed by atoms with van der Waals surface area (Å²) in [7, 11) is -3.60. The lowest BCUT2D eigenvalue weighted by Gasteiger charge is -2.18. The Bertz CT molecular complexity index is 697. The van der Waals surface area contributed by atoms with Crippen LogP contribution in [-0.2, 0) is 10.0 Å². The van der Waals surface area contributed by atoms with Crippen molar-refractivity contribution in [2.45, 2.75) is 24.2 Å². The molecule has 1 aromatic carbocycles. The molecule has 1 N–H and O–H groups in total. The zero-order chi connectivity index (χ0) is 15.7. The first-order valence-electron chi connectivity index (χ1n) is 7.38. The summed E-state index contributed by atoms with van der Waals surface area (Å²) in [4.78, 5) is 10.1. The topological polar surface area (TPSA) is 89.3 Å². The van der Waals surface area contributed by atoms with Gasteiger partial charge in [-0.2, -0.15) is 0 Å². The number of benzene rings is 1. The summed E-state index contributed by atoms with van der Waals surface area (Å²) in [5.41, 5.74) is -0.118. The molecule has 3 rings (SSSR count). The minimum absolute atomic E-state index is 0.0611. The lowest BCUT2D eigenvalue weighted by molar-refractivity contribution is -0.384. The highest BCUT2D eigenvalue weighted by Crippen LogP contribution is 2.44. The lowest BCUT2D eigenvalue weighted by atomic mass is 9.91. The van der Waals surface area contributed by atoms with Gasteiger partial charge < -0.3 is 0 Å². The molecule has 0 saturated heterocycles. The van der Waals surface area contributed by atoms with Gasteiger partial charge >= 0.3 is 0 Å². The Morgan fingerprint density at radius 2 is 1.91 bits per heavy atom. The average Bonchev–Trinajstić information content (AvgIpc) is 3.10. The van der Waals surface area contributed by atoms with Crippen LogP contribution in [0.2, 0.25) is 0 Å². The minimum Gasteiger partial charge on any atom is -0.258 e. The van der Waals surface area contributed by atoms with Crippen LogP contribution >= 0.6 is 0 Å². The number of fused-ring (bicyclic) bond motifs is 2. The van der Waals surface area contributed by atoms with E-state index < -0.39 is 14.9 Å². The van der Waals surface area contributed by atoms with Crippen LogP contribution in [0, 0.1) is 27.9 Å². The summed E-state index contributed by atoms with van der Waals surface area (Å²) in [5.74, 6) is 1.85. The van der Waals surface area contributed by atoms with E-state index in [-0.39, 0.29) is 10.6 Å². The van der Waals surface area contributed by atoms with Gasteiger partial charge in [0.05, 0.1) is 9.82 Å². The Hall–Kier alpha value is -1.73. The molecule has 3 atom stereocenters. The van der Waals surface area contributed by atoms with E-state index in [4.69, 9.17) is 0 Å². The Morgan fingerprint density at radius 3 is 2.45 bits per heavy atom. The molecular weight excluding hydrogens is 304 g/mol. The van der Waals surface area contributed by atoms with Gasteiger partial charge in [0.2, 0.25) is 10.0 Å². The van der Waals surface area contributed by atoms with E-state index in [0.717, 1.165) is 12.8 Å². The quantitative estimate of drug-likeness (QED) is 0.495. The fourth-order valence-corrected chi connectivity index (χ4v) is 4.48. The molecule has 2 aliphatic rings. The summed E-state index contributed by atoms with van der Waals surface area (Å²) in [6, 6.07) is 4.94. The molecular formula is C15H18N2O4S. The van der Waals surface area contributed by atoms with E-state index >= 15 is 0 Å². The van der Waals surface area contributed by atoms with Gasteiger partial charge in [-0.25, -0.2) is 13.1 Å². The van der Waals surface area contributed by atoms with E-state index in [9.17, 15) is 18.5 Å². The Balaban J connectivity index is 1.56. The van der Waals surface area contributed by atoms with Crippen LogP contribution in [0.3, 0.4) is 0 Å². The fourth-order valence-electron chi connectivity index (χ4n) is 3.44. The van der Waals surface area contributed by atoms with Gasteiger partial charge in [0, 0.05) is 18.7 Å². The molecule has 22 heavy (non-hydrogen) atoms. The van der Waals surface area contributed by atoms with Crippen molar-refractivity contribution in [1.29, 1.82) is 0 Å². The van der Waals surface area contributed by atoms with E-state index in [0.29, 0.717) is 24.3 Å². The third-order valence-corrected chi connectivity index (χ3v) is 6.06. The molecule has 1 saturated carbocycles. The molecule has 118 valence electrons. The van der Waals surface area contributed by atoms with Crippen LogP contribution in [0.4, 0.5) is 5.69 Å². The van der Waals surface area contributed by atoms with Gasteiger partial charge in [-0.15, -0.1) is 0 Å². The molecule has 1 aromatic rings. The number of rotatable bonds is 6. The number of nitrogens with one attached hydrogen (secondary N) is 1. The van der Waals surface area contributed by atoms with Crippen molar-refractivity contribution in [2.75, 3.05) is 6.54 Å². The molecule has 0 amide bonds. The van der Waals surface area contributed by atoms with Gasteiger partial charge in [0.1, 0.15) is 0 Å². The van der Waals surface area contributed by atoms with Crippen LogP contribution in [0.5, 0.6) is 0 Å². The molecule has 0 heterocycles. The average molecular weight is 322 g/mol. The molecule has 0 unspecified atom stereocenters. The Kier molecular flexibility index (Phi) is 4.01. The van der Waals surface area contributed by atoms with Crippen LogP contribution in [0.25, 0.3) is 0 Å². The van der Waals surface area contributed by atoms with Gasteiger partial charge in [0.25, 0.3) is 5.69 Å². The number of nitrogens with zero attached hydrogens (tertiary/aromatic N) is 1. The van der Waals surface area contributed by atoms with Crippen molar-refractivity contribution in [2.24, 2.45) is 17.8 Å². The van der Waals surface area contributed by atoms with Crippen molar-refractivity contribution in [1.82, 2.24) is 4.72 Å². The van der Waals surface area contributed by atoms with E-state index in [1.807, 2.05) is 0 Å². The third-order valence-electron chi connectivity index (χ3n) is 4.58. The normalized spacial score (nSPS) is 26.5. The number of nitro benzene ring substituents is 1. The van der Waals surface area contributed by atoms with Gasteiger partial charge in [-0.3, -0.25) is 10.1 Å². The molecule has 7 heteroatoms. The maximum Gasteiger partial charge on any atom is 0.269 e. The van der Waals surface area contributed by atoms with E-state index in [1.54, 1.807) is 0 Å². The van der Waals surface area contributed by atoms with Gasteiger partial charge in [-0.05, 0) is 49.1 Å². The highest BCUT2D eigenvalue weighted by atomic mass is 32.2. The zero-order valence-electron chi connectivity index (χ0n) is 12.0. The summed E-state index contributed by atoms with van der Waals surface area (Å²) in [6.07, 6.45) is 7.71. The minimum atomic E-state index is -3.60. The van der Waals surface area contributed by atoms with E-state index in [2.05, 4.69) is 16.9 Å². The number of allylic oxidation sites excluding steroid dienone is 2. The maximum atomic E-state index is 12.2. The molecule has 0 radical (unpaired) electrons. The van der Waals surface area contributed by atoms with Crippen LogP contribution < -0.4 is 4.72 Å². The second-order valence-electron chi connectivity index (χ2n) is 5.98. The summed E-state index contributed by atoms with van der Waals surface area (Å²) in [6.45, 7) is 0.404.